The van der Waals surface area contributed by atoms with Gasteiger partial charge >= 0.3 is 0 Å². The van der Waals surface area contributed by atoms with Crippen molar-refractivity contribution in [1.82, 2.24) is 0 Å². The van der Waals surface area contributed by atoms with Crippen LogP contribution in [0.4, 0.5) is 5.69 Å². The van der Waals surface area contributed by atoms with Gasteiger partial charge in [0.1, 0.15) is 6.04 Å². The van der Waals surface area contributed by atoms with Crippen LogP contribution in [0, 0.1) is 6.92 Å². The minimum absolute atomic E-state index is 0.00910. The molecule has 0 aromatic heterocycles. The van der Waals surface area contributed by atoms with Crippen molar-refractivity contribution in [2.24, 2.45) is 5.73 Å². The summed E-state index contributed by atoms with van der Waals surface area (Å²) in [5, 5.41) is 0. The summed E-state index contributed by atoms with van der Waals surface area (Å²) in [5.41, 5.74) is 10.5. The van der Waals surface area contributed by atoms with E-state index >= 15 is 0 Å². The number of carbonyl (C=O) groups excluding carboxylic acids is 1. The number of β-lactam (4-membered cyclic amide) rings is 1. The molecule has 3 heteroatoms. The molecule has 0 spiro atoms. The maximum atomic E-state index is 12.2. The Morgan fingerprint density at radius 1 is 1.14 bits per heavy atom. The van der Waals surface area contributed by atoms with E-state index in [1.807, 2.05) is 31.2 Å². The lowest BCUT2D eigenvalue weighted by Gasteiger charge is -2.45. The van der Waals surface area contributed by atoms with Crippen LogP contribution in [0.2, 0.25) is 0 Å². The van der Waals surface area contributed by atoms with Crippen molar-refractivity contribution < 1.29 is 4.79 Å². The number of hydrogen-bond acceptors (Lipinski definition) is 2. The van der Waals surface area contributed by atoms with Gasteiger partial charge in [-0.2, -0.15) is 0 Å². The van der Waals surface area contributed by atoms with Crippen molar-refractivity contribution >= 4 is 11.6 Å². The first-order valence-corrected chi connectivity index (χ1v) is 7.36. The Balaban J connectivity index is 1.94. The van der Waals surface area contributed by atoms with E-state index in [0.29, 0.717) is 0 Å². The summed E-state index contributed by atoms with van der Waals surface area (Å²) in [5.74, 6) is -0.00910. The van der Waals surface area contributed by atoms with Gasteiger partial charge in [-0.25, -0.2) is 0 Å². The minimum Gasteiger partial charge on any atom is -0.318 e. The van der Waals surface area contributed by atoms with Gasteiger partial charge in [0.15, 0.2) is 0 Å². The lowest BCUT2D eigenvalue weighted by molar-refractivity contribution is -0.126. The van der Waals surface area contributed by atoms with Gasteiger partial charge in [0.25, 0.3) is 0 Å². The lowest BCUT2D eigenvalue weighted by Crippen LogP contribution is -2.63. The first kappa shape index (κ1) is 13.8. The monoisotopic (exact) mass is 280 g/mol. The fourth-order valence-corrected chi connectivity index (χ4v) is 2.88. The highest BCUT2D eigenvalue weighted by Crippen LogP contribution is 2.38. The summed E-state index contributed by atoms with van der Waals surface area (Å²) in [6.45, 7) is 4.16. The molecule has 0 bridgehead atoms. The molecule has 1 heterocycles. The Hall–Kier alpha value is -2.13. The topological polar surface area (TPSA) is 46.3 Å². The third-order valence-corrected chi connectivity index (χ3v) is 4.15. The van der Waals surface area contributed by atoms with E-state index < -0.39 is 6.04 Å². The fourth-order valence-electron chi connectivity index (χ4n) is 2.88. The number of anilines is 1. The van der Waals surface area contributed by atoms with Gasteiger partial charge in [-0.1, -0.05) is 43.3 Å². The summed E-state index contributed by atoms with van der Waals surface area (Å²) in [4.78, 5) is 14.0. The fraction of sp³-hybridized carbons (Fsp3) is 0.278. The standard InChI is InChI=1S/C18H20N2O/c1-3-13-7-9-14(10-8-13)17-16(19)18(21)20(17)15-6-4-5-12(2)11-15/h4-11,16-17H,3,19H2,1-2H3/t16-,17-/m1/s1. The van der Waals surface area contributed by atoms with Crippen LogP contribution in [0.5, 0.6) is 0 Å². The summed E-state index contributed by atoms with van der Waals surface area (Å²) < 4.78 is 0. The molecule has 3 nitrogen and oxygen atoms in total. The molecular weight excluding hydrogens is 260 g/mol. The molecule has 1 aliphatic rings. The first-order chi connectivity index (χ1) is 10.1. The predicted octanol–water partition coefficient (Wildman–Crippen LogP) is 2.97. The van der Waals surface area contributed by atoms with Gasteiger partial charge in [-0.3, -0.25) is 4.79 Å². The lowest BCUT2D eigenvalue weighted by atomic mass is 9.87. The molecule has 108 valence electrons. The SMILES string of the molecule is CCc1ccc([C@@H]2[C@@H](N)C(=O)N2c2cccc(C)c2)cc1. The number of aryl methyl sites for hydroxylation is 2. The van der Waals surface area contributed by atoms with Gasteiger partial charge in [-0.05, 0) is 42.2 Å². The number of nitrogens with two attached hydrogens (primary N) is 1. The highest BCUT2D eigenvalue weighted by molar-refractivity contribution is 6.05. The zero-order valence-electron chi connectivity index (χ0n) is 12.4. The Kier molecular flexibility index (Phi) is 3.52. The molecule has 0 saturated carbocycles. The van der Waals surface area contributed by atoms with Crippen molar-refractivity contribution in [2.45, 2.75) is 32.4 Å². The molecular formula is C18H20N2O. The molecule has 21 heavy (non-hydrogen) atoms. The number of amides is 1. The number of hydrogen-bond donors (Lipinski definition) is 1. The van der Waals surface area contributed by atoms with Crippen molar-refractivity contribution in [3.05, 3.63) is 65.2 Å². The number of carbonyl (C=O) groups is 1. The average molecular weight is 280 g/mol. The van der Waals surface area contributed by atoms with E-state index in [9.17, 15) is 4.79 Å². The predicted molar refractivity (Wildman–Crippen MR) is 85.2 cm³/mol. The highest BCUT2D eigenvalue weighted by Gasteiger charge is 2.46. The summed E-state index contributed by atoms with van der Waals surface area (Å²) in [7, 11) is 0. The molecule has 2 atom stereocenters. The Bertz CT molecular complexity index is 663. The molecule has 1 fully saturated rings. The minimum atomic E-state index is -0.446. The van der Waals surface area contributed by atoms with Crippen LogP contribution in [0.3, 0.4) is 0 Å². The van der Waals surface area contributed by atoms with Gasteiger partial charge in [0.05, 0.1) is 6.04 Å². The maximum absolute atomic E-state index is 12.2. The molecule has 0 radical (unpaired) electrons. The van der Waals surface area contributed by atoms with Gasteiger partial charge in [0, 0.05) is 5.69 Å². The average Bonchev–Trinajstić information content (AvgIpc) is 2.51. The maximum Gasteiger partial charge on any atom is 0.247 e. The largest absolute Gasteiger partial charge is 0.318 e. The molecule has 1 amide bonds. The zero-order valence-corrected chi connectivity index (χ0v) is 12.4. The van der Waals surface area contributed by atoms with E-state index in [1.165, 1.54) is 5.56 Å². The third kappa shape index (κ3) is 2.34. The second-order valence-corrected chi connectivity index (χ2v) is 5.61. The van der Waals surface area contributed by atoms with E-state index in [-0.39, 0.29) is 11.9 Å². The van der Waals surface area contributed by atoms with Crippen LogP contribution in [0.1, 0.15) is 29.7 Å². The molecule has 1 aliphatic heterocycles. The number of rotatable bonds is 3. The number of nitrogens with zero attached hydrogens (tertiary/aromatic N) is 1. The molecule has 2 N–H and O–H groups in total. The zero-order chi connectivity index (χ0) is 15.0. The van der Waals surface area contributed by atoms with Crippen LogP contribution in [0.25, 0.3) is 0 Å². The molecule has 2 aromatic carbocycles. The second-order valence-electron chi connectivity index (χ2n) is 5.61. The van der Waals surface area contributed by atoms with Crippen LogP contribution in [0.15, 0.2) is 48.5 Å². The quantitative estimate of drug-likeness (QED) is 0.879. The molecule has 1 saturated heterocycles. The Morgan fingerprint density at radius 2 is 1.86 bits per heavy atom. The normalized spacial score (nSPS) is 21.3. The Morgan fingerprint density at radius 3 is 2.48 bits per heavy atom. The van der Waals surface area contributed by atoms with Gasteiger partial charge in [-0.15, -0.1) is 0 Å². The van der Waals surface area contributed by atoms with Crippen LogP contribution < -0.4 is 10.6 Å². The van der Waals surface area contributed by atoms with E-state index in [4.69, 9.17) is 5.73 Å². The first-order valence-electron chi connectivity index (χ1n) is 7.36. The van der Waals surface area contributed by atoms with Crippen molar-refractivity contribution in [1.29, 1.82) is 0 Å². The van der Waals surface area contributed by atoms with Gasteiger partial charge < -0.3 is 10.6 Å². The second kappa shape index (κ2) is 5.34. The third-order valence-electron chi connectivity index (χ3n) is 4.15. The van der Waals surface area contributed by atoms with E-state index in [1.54, 1.807) is 4.90 Å². The van der Waals surface area contributed by atoms with Crippen LogP contribution >= 0.6 is 0 Å². The smallest absolute Gasteiger partial charge is 0.247 e. The Labute approximate surface area is 125 Å². The van der Waals surface area contributed by atoms with Crippen LogP contribution in [-0.4, -0.2) is 11.9 Å². The van der Waals surface area contributed by atoms with E-state index in [2.05, 4.69) is 31.2 Å². The van der Waals surface area contributed by atoms with E-state index in [0.717, 1.165) is 23.2 Å². The van der Waals surface area contributed by atoms with Crippen LogP contribution in [-0.2, 0) is 11.2 Å². The molecule has 0 unspecified atom stereocenters. The van der Waals surface area contributed by atoms with Crippen molar-refractivity contribution in [3.63, 3.8) is 0 Å². The summed E-state index contributed by atoms with van der Waals surface area (Å²) >= 11 is 0. The summed E-state index contributed by atoms with van der Waals surface area (Å²) in [6, 6.07) is 15.9. The van der Waals surface area contributed by atoms with Crippen molar-refractivity contribution in [2.75, 3.05) is 4.90 Å². The molecule has 0 aliphatic carbocycles. The highest BCUT2D eigenvalue weighted by atomic mass is 16.2. The molecule has 3 rings (SSSR count). The summed E-state index contributed by atoms with van der Waals surface area (Å²) in [6.07, 6.45) is 1.01. The molecule has 2 aromatic rings. The number of benzene rings is 2. The van der Waals surface area contributed by atoms with Crippen molar-refractivity contribution in [3.8, 4) is 0 Å². The van der Waals surface area contributed by atoms with Gasteiger partial charge in [0.2, 0.25) is 5.91 Å².